The summed E-state index contributed by atoms with van der Waals surface area (Å²) in [6.45, 7) is 0.854. The summed E-state index contributed by atoms with van der Waals surface area (Å²) in [7, 11) is 3.97. The van der Waals surface area contributed by atoms with E-state index in [0.29, 0.717) is 5.56 Å². The number of alkyl halides is 3. The van der Waals surface area contributed by atoms with Gasteiger partial charge in [-0.15, -0.1) is 0 Å². The average molecular weight is 385 g/mol. The van der Waals surface area contributed by atoms with Crippen LogP contribution in [0.2, 0.25) is 0 Å². The van der Waals surface area contributed by atoms with E-state index < -0.39 is 11.7 Å². The minimum absolute atomic E-state index is 0. The molecule has 3 rings (SSSR count). The number of rotatable bonds is 3. The van der Waals surface area contributed by atoms with Gasteiger partial charge in [0, 0.05) is 16.3 Å². The first-order valence-electron chi connectivity index (χ1n) is 7.70. The van der Waals surface area contributed by atoms with E-state index in [-0.39, 0.29) is 12.4 Å². The van der Waals surface area contributed by atoms with Crippen LogP contribution in [0.4, 0.5) is 13.2 Å². The predicted molar refractivity (Wildman–Crippen MR) is 92.3 cm³/mol. The van der Waals surface area contributed by atoms with Crippen molar-refractivity contribution in [1.29, 1.82) is 0 Å². The van der Waals surface area contributed by atoms with Crippen LogP contribution in [0.25, 0.3) is 5.57 Å². The van der Waals surface area contributed by atoms with Crippen molar-refractivity contribution in [2.45, 2.75) is 22.4 Å². The maximum absolute atomic E-state index is 13.1. The second kappa shape index (κ2) is 7.85. The van der Waals surface area contributed by atoms with Crippen LogP contribution in [-0.2, 0) is 6.18 Å². The van der Waals surface area contributed by atoms with Gasteiger partial charge in [0.05, 0.1) is 5.56 Å². The molecule has 2 aromatic rings. The van der Waals surface area contributed by atoms with Gasteiger partial charge in [0.2, 0.25) is 0 Å². The van der Waals surface area contributed by atoms with Crippen molar-refractivity contribution >= 4 is 17.3 Å². The van der Waals surface area contributed by atoms with Gasteiger partial charge in [-0.05, 0) is 61.5 Å². The predicted octanol–water partition coefficient (Wildman–Crippen LogP) is 2.56. The second-order valence-corrected chi connectivity index (χ2v) is 7.10. The zero-order chi connectivity index (χ0) is 17.3. The molecular formula is C19H18ClF3NS-. The molecule has 0 aromatic heterocycles. The molecule has 0 fully saturated rings. The lowest BCUT2D eigenvalue weighted by Gasteiger charge is -2.23. The first-order valence-corrected chi connectivity index (χ1v) is 8.51. The molecule has 6 heteroatoms. The van der Waals surface area contributed by atoms with Crippen LogP contribution in [0.1, 0.15) is 23.1 Å². The Kier molecular flexibility index (Phi) is 6.25. The third kappa shape index (κ3) is 4.40. The molecular weight excluding hydrogens is 367 g/mol. The molecule has 0 saturated carbocycles. The van der Waals surface area contributed by atoms with Crippen LogP contribution in [0.15, 0.2) is 58.3 Å². The van der Waals surface area contributed by atoms with Gasteiger partial charge < -0.3 is 17.3 Å². The molecule has 0 atom stereocenters. The lowest BCUT2D eigenvalue weighted by atomic mass is 9.94. The number of hydrogen-bond donors (Lipinski definition) is 0. The van der Waals surface area contributed by atoms with Gasteiger partial charge in [-0.25, -0.2) is 0 Å². The molecule has 1 heterocycles. The molecule has 0 saturated heterocycles. The normalized spacial score (nSPS) is 14.9. The molecule has 1 aliphatic rings. The standard InChI is InChI=1S/C19H18F3NS.ClH/c1-23(2)11-5-7-14-15-6-3-4-8-17(15)24-18-10-9-13(12-16(14)18)19(20,21)22;/h3-4,6-10,12H,5,11H2,1-2H3;1H/p-1. The third-order valence-electron chi connectivity index (χ3n) is 3.92. The Hall–Kier alpha value is -1.43. The van der Waals surface area contributed by atoms with E-state index in [1.807, 2.05) is 38.4 Å². The summed E-state index contributed by atoms with van der Waals surface area (Å²) in [4.78, 5) is 4.02. The fourth-order valence-electron chi connectivity index (χ4n) is 2.73. The van der Waals surface area contributed by atoms with Crippen molar-refractivity contribution in [2.24, 2.45) is 0 Å². The zero-order valence-electron chi connectivity index (χ0n) is 13.9. The van der Waals surface area contributed by atoms with Gasteiger partial charge in [0.25, 0.3) is 0 Å². The van der Waals surface area contributed by atoms with E-state index in [1.165, 1.54) is 17.8 Å². The summed E-state index contributed by atoms with van der Waals surface area (Å²) in [6, 6.07) is 11.9. The largest absolute Gasteiger partial charge is 1.00 e. The highest BCUT2D eigenvalue weighted by Gasteiger charge is 2.32. The number of fused-ring (bicyclic) bond motifs is 2. The Morgan fingerprint density at radius 2 is 1.68 bits per heavy atom. The van der Waals surface area contributed by atoms with Crippen molar-refractivity contribution < 1.29 is 25.6 Å². The first-order chi connectivity index (χ1) is 11.4. The van der Waals surface area contributed by atoms with Gasteiger partial charge in [0.15, 0.2) is 0 Å². The summed E-state index contributed by atoms with van der Waals surface area (Å²) in [5, 5.41) is 0. The topological polar surface area (TPSA) is 3.24 Å². The van der Waals surface area contributed by atoms with E-state index >= 15 is 0 Å². The van der Waals surface area contributed by atoms with Crippen molar-refractivity contribution in [2.75, 3.05) is 20.6 Å². The average Bonchev–Trinajstić information content (AvgIpc) is 2.52. The molecule has 0 radical (unpaired) electrons. The Morgan fingerprint density at radius 3 is 2.36 bits per heavy atom. The highest BCUT2D eigenvalue weighted by molar-refractivity contribution is 7.99. The molecule has 25 heavy (non-hydrogen) atoms. The maximum Gasteiger partial charge on any atom is 0.416 e. The lowest BCUT2D eigenvalue weighted by molar-refractivity contribution is -0.137. The van der Waals surface area contributed by atoms with Gasteiger partial charge >= 0.3 is 6.18 Å². The monoisotopic (exact) mass is 384 g/mol. The van der Waals surface area contributed by atoms with E-state index in [2.05, 4.69) is 11.0 Å². The number of halogens is 4. The van der Waals surface area contributed by atoms with E-state index in [1.54, 1.807) is 6.07 Å². The molecule has 1 aliphatic heterocycles. The maximum atomic E-state index is 13.1. The van der Waals surface area contributed by atoms with E-state index in [4.69, 9.17) is 0 Å². The highest BCUT2D eigenvalue weighted by Crippen LogP contribution is 2.46. The molecule has 0 N–H and O–H groups in total. The highest BCUT2D eigenvalue weighted by atomic mass is 35.5. The van der Waals surface area contributed by atoms with Crippen LogP contribution in [0, 0.1) is 0 Å². The molecule has 134 valence electrons. The molecule has 0 amide bonds. The fraction of sp³-hybridized carbons (Fsp3) is 0.263. The van der Waals surface area contributed by atoms with Crippen LogP contribution < -0.4 is 12.4 Å². The van der Waals surface area contributed by atoms with Crippen LogP contribution in [0.3, 0.4) is 0 Å². The SMILES string of the molecule is CN(C)CCC=C1c2ccccc2Sc2ccc(C(F)(F)F)cc21.[Cl-]. The number of hydrogen-bond acceptors (Lipinski definition) is 2. The van der Waals surface area contributed by atoms with Gasteiger partial charge in [-0.3, -0.25) is 0 Å². The summed E-state index contributed by atoms with van der Waals surface area (Å²) in [6.07, 6.45) is -1.49. The Bertz CT molecular complexity index is 784. The molecule has 2 aromatic carbocycles. The minimum Gasteiger partial charge on any atom is -1.00 e. The Labute approximate surface area is 156 Å². The molecule has 0 aliphatic carbocycles. The first kappa shape index (κ1) is 19.9. The smallest absolute Gasteiger partial charge is 0.416 e. The number of nitrogens with zero attached hydrogens (tertiary/aromatic N) is 1. The van der Waals surface area contributed by atoms with E-state index in [9.17, 15) is 13.2 Å². The fourth-order valence-corrected chi connectivity index (χ4v) is 3.82. The van der Waals surface area contributed by atoms with Crippen LogP contribution in [-0.4, -0.2) is 25.5 Å². The summed E-state index contributed by atoms with van der Waals surface area (Å²) < 4.78 is 39.3. The second-order valence-electron chi connectivity index (χ2n) is 6.02. The molecule has 0 unspecified atom stereocenters. The van der Waals surface area contributed by atoms with Gasteiger partial charge in [0.1, 0.15) is 0 Å². The summed E-state index contributed by atoms with van der Waals surface area (Å²) >= 11 is 1.53. The van der Waals surface area contributed by atoms with Crippen LogP contribution >= 0.6 is 11.8 Å². The quantitative estimate of drug-likeness (QED) is 0.683. The van der Waals surface area contributed by atoms with Crippen molar-refractivity contribution in [1.82, 2.24) is 4.90 Å². The lowest BCUT2D eigenvalue weighted by Crippen LogP contribution is -3.00. The summed E-state index contributed by atoms with van der Waals surface area (Å²) in [5.41, 5.74) is 1.98. The van der Waals surface area contributed by atoms with Gasteiger partial charge in [-0.2, -0.15) is 13.2 Å². The van der Waals surface area contributed by atoms with Crippen molar-refractivity contribution in [3.8, 4) is 0 Å². The van der Waals surface area contributed by atoms with Crippen molar-refractivity contribution in [3.63, 3.8) is 0 Å². The van der Waals surface area contributed by atoms with Crippen LogP contribution in [0.5, 0.6) is 0 Å². The molecule has 0 bridgehead atoms. The molecule has 0 spiro atoms. The van der Waals surface area contributed by atoms with Crippen molar-refractivity contribution in [3.05, 3.63) is 65.2 Å². The van der Waals surface area contributed by atoms with E-state index in [0.717, 1.165) is 40.0 Å². The minimum atomic E-state index is -4.33. The molecule has 1 nitrogen and oxygen atoms in total. The van der Waals surface area contributed by atoms with Gasteiger partial charge in [-0.1, -0.05) is 36.0 Å². The zero-order valence-corrected chi connectivity index (χ0v) is 15.5. The summed E-state index contributed by atoms with van der Waals surface area (Å²) in [5.74, 6) is 0. The Morgan fingerprint density at radius 1 is 1.00 bits per heavy atom. The number of benzene rings is 2. The third-order valence-corrected chi connectivity index (χ3v) is 5.07. The Balaban J connectivity index is 0.00000225.